The van der Waals surface area contributed by atoms with Crippen molar-refractivity contribution in [1.82, 2.24) is 29.8 Å². The Hall–Kier alpha value is -3.78. The molecule has 2 aromatic heterocycles. The van der Waals surface area contributed by atoms with Crippen LogP contribution >= 0.6 is 0 Å². The smallest absolute Gasteiger partial charge is 0.278 e. The molecule has 0 aliphatic heterocycles. The Labute approximate surface area is 205 Å². The molecule has 0 spiro atoms. The first-order chi connectivity index (χ1) is 16.9. The van der Waals surface area contributed by atoms with Crippen LogP contribution in [-0.4, -0.2) is 50.5 Å². The van der Waals surface area contributed by atoms with E-state index in [9.17, 15) is 9.59 Å². The summed E-state index contributed by atoms with van der Waals surface area (Å²) in [6.07, 6.45) is 0.811. The quantitative estimate of drug-likeness (QED) is 0.378. The highest BCUT2D eigenvalue weighted by atomic mass is 16.2. The summed E-state index contributed by atoms with van der Waals surface area (Å²) in [6, 6.07) is 19.2. The maximum absolute atomic E-state index is 13.3. The third kappa shape index (κ3) is 5.33. The van der Waals surface area contributed by atoms with Gasteiger partial charge in [-0.05, 0) is 58.5 Å². The van der Waals surface area contributed by atoms with Crippen molar-refractivity contribution in [3.8, 4) is 5.69 Å². The van der Waals surface area contributed by atoms with Crippen LogP contribution in [0.1, 0.15) is 36.3 Å². The predicted molar refractivity (Wildman–Crippen MR) is 138 cm³/mol. The Morgan fingerprint density at radius 1 is 1.03 bits per heavy atom. The summed E-state index contributed by atoms with van der Waals surface area (Å²) in [5.74, 6) is -0.225. The number of hydrogen-bond donors (Lipinski definition) is 1. The summed E-state index contributed by atoms with van der Waals surface area (Å²) < 4.78 is 3.03. The number of amides is 1. The Bertz CT molecular complexity index is 1360. The second-order valence-corrected chi connectivity index (χ2v) is 8.94. The molecule has 0 saturated carbocycles. The van der Waals surface area contributed by atoms with E-state index in [0.717, 1.165) is 30.9 Å². The fraction of sp³-hybridized carbons (Fsp3) is 0.333. The van der Waals surface area contributed by atoms with Crippen LogP contribution in [0.25, 0.3) is 16.6 Å². The van der Waals surface area contributed by atoms with Gasteiger partial charge in [-0.2, -0.15) is 10.2 Å². The van der Waals surface area contributed by atoms with E-state index in [1.54, 1.807) is 11.6 Å². The van der Waals surface area contributed by atoms with Crippen molar-refractivity contribution >= 4 is 16.8 Å². The van der Waals surface area contributed by atoms with E-state index in [-0.39, 0.29) is 11.5 Å². The fourth-order valence-electron chi connectivity index (χ4n) is 4.26. The zero-order chi connectivity index (χ0) is 24.9. The van der Waals surface area contributed by atoms with Crippen molar-refractivity contribution in [3.63, 3.8) is 0 Å². The lowest BCUT2D eigenvalue weighted by molar-refractivity contribution is -0.124. The molecule has 0 unspecified atom stereocenters. The molecule has 0 radical (unpaired) electrons. The van der Waals surface area contributed by atoms with Crippen molar-refractivity contribution in [2.45, 2.75) is 39.8 Å². The molecule has 0 fully saturated rings. The van der Waals surface area contributed by atoms with Crippen LogP contribution in [0.5, 0.6) is 0 Å². The van der Waals surface area contributed by atoms with E-state index in [1.807, 2.05) is 62.4 Å². The van der Waals surface area contributed by atoms with E-state index in [4.69, 9.17) is 0 Å². The summed E-state index contributed by atoms with van der Waals surface area (Å²) >= 11 is 0. The molecule has 8 nitrogen and oxygen atoms in total. The van der Waals surface area contributed by atoms with Crippen molar-refractivity contribution in [1.29, 1.82) is 0 Å². The summed E-state index contributed by atoms with van der Waals surface area (Å²) in [5, 5.41) is 12.5. The van der Waals surface area contributed by atoms with Gasteiger partial charge in [0.1, 0.15) is 11.6 Å². The average Bonchev–Trinajstić information content (AvgIpc) is 3.22. The number of rotatable bonds is 9. The topological polar surface area (TPSA) is 85.0 Å². The SMILES string of the molecule is Cc1nn([C@@H](C)C(=O)NCCCN(C)Cc2ccccc2)c(=O)c2c(C)n(-c3ccccc3)nc12. The molecule has 4 rings (SSSR count). The highest BCUT2D eigenvalue weighted by Crippen LogP contribution is 2.20. The fourth-order valence-corrected chi connectivity index (χ4v) is 4.26. The molecular formula is C27H32N6O2. The Kier molecular flexibility index (Phi) is 7.41. The highest BCUT2D eigenvalue weighted by molar-refractivity contribution is 5.84. The first-order valence-corrected chi connectivity index (χ1v) is 11.9. The minimum atomic E-state index is -0.730. The number of carbonyl (C=O) groups excluding carboxylic acids is 1. The molecule has 2 aromatic carbocycles. The lowest BCUT2D eigenvalue weighted by Gasteiger charge is -2.18. The standard InChI is InChI=1S/C27H32N6O2/c1-19-25-24(20(2)32(30-25)23-14-9-6-10-15-23)27(35)33(29-19)21(3)26(34)28-16-11-17-31(4)18-22-12-7-5-8-13-22/h5-10,12-15,21H,11,16-18H2,1-4H3,(H,28,34)/t21-/m0/s1. The lowest BCUT2D eigenvalue weighted by atomic mass is 10.2. The van der Waals surface area contributed by atoms with Gasteiger partial charge in [0, 0.05) is 13.1 Å². The Morgan fingerprint density at radius 3 is 2.37 bits per heavy atom. The number of aromatic nitrogens is 4. The van der Waals surface area contributed by atoms with Crippen LogP contribution in [0.4, 0.5) is 0 Å². The number of carbonyl (C=O) groups is 1. The normalized spacial score (nSPS) is 12.3. The van der Waals surface area contributed by atoms with Gasteiger partial charge >= 0.3 is 0 Å². The van der Waals surface area contributed by atoms with Gasteiger partial charge in [0.25, 0.3) is 5.56 Å². The van der Waals surface area contributed by atoms with E-state index in [1.165, 1.54) is 10.2 Å². The molecule has 0 aliphatic rings. The molecule has 35 heavy (non-hydrogen) atoms. The van der Waals surface area contributed by atoms with Crippen molar-refractivity contribution in [3.05, 3.63) is 88.0 Å². The van der Waals surface area contributed by atoms with Gasteiger partial charge in [-0.1, -0.05) is 48.5 Å². The number of benzene rings is 2. The van der Waals surface area contributed by atoms with Crippen molar-refractivity contribution < 1.29 is 4.79 Å². The monoisotopic (exact) mass is 472 g/mol. The second-order valence-electron chi connectivity index (χ2n) is 8.94. The van der Waals surface area contributed by atoms with Gasteiger partial charge < -0.3 is 10.2 Å². The first kappa shape index (κ1) is 24.3. The van der Waals surface area contributed by atoms with E-state index < -0.39 is 6.04 Å². The van der Waals surface area contributed by atoms with Crippen LogP contribution in [0.15, 0.2) is 65.5 Å². The van der Waals surface area contributed by atoms with Crippen molar-refractivity contribution in [2.75, 3.05) is 20.1 Å². The zero-order valence-corrected chi connectivity index (χ0v) is 20.7. The minimum absolute atomic E-state index is 0.225. The number of hydrogen-bond acceptors (Lipinski definition) is 5. The van der Waals surface area contributed by atoms with Crippen LogP contribution in [0, 0.1) is 13.8 Å². The van der Waals surface area contributed by atoms with Crippen LogP contribution < -0.4 is 10.9 Å². The van der Waals surface area contributed by atoms with Crippen LogP contribution in [-0.2, 0) is 11.3 Å². The zero-order valence-electron chi connectivity index (χ0n) is 20.7. The predicted octanol–water partition coefficient (Wildman–Crippen LogP) is 3.40. The summed E-state index contributed by atoms with van der Waals surface area (Å²) in [5.41, 5.74) is 3.71. The molecular weight excluding hydrogens is 440 g/mol. The average molecular weight is 473 g/mol. The molecule has 0 aliphatic carbocycles. The Morgan fingerprint density at radius 2 is 1.69 bits per heavy atom. The number of para-hydroxylation sites is 1. The molecule has 1 amide bonds. The maximum Gasteiger partial charge on any atom is 0.278 e. The van der Waals surface area contributed by atoms with Gasteiger partial charge in [0.2, 0.25) is 5.91 Å². The highest BCUT2D eigenvalue weighted by Gasteiger charge is 2.23. The largest absolute Gasteiger partial charge is 0.354 e. The third-order valence-electron chi connectivity index (χ3n) is 6.20. The molecule has 1 atom stereocenters. The van der Waals surface area contributed by atoms with Crippen LogP contribution in [0.3, 0.4) is 0 Å². The van der Waals surface area contributed by atoms with Crippen molar-refractivity contribution in [2.24, 2.45) is 0 Å². The minimum Gasteiger partial charge on any atom is -0.354 e. The number of fused-ring (bicyclic) bond motifs is 1. The third-order valence-corrected chi connectivity index (χ3v) is 6.20. The summed E-state index contributed by atoms with van der Waals surface area (Å²) in [6.45, 7) is 7.62. The summed E-state index contributed by atoms with van der Waals surface area (Å²) in [4.78, 5) is 28.4. The van der Waals surface area contributed by atoms with Crippen LogP contribution in [0.2, 0.25) is 0 Å². The number of nitrogens with one attached hydrogen (secondary N) is 1. The number of nitrogens with zero attached hydrogens (tertiary/aromatic N) is 5. The molecule has 1 N–H and O–H groups in total. The van der Waals surface area contributed by atoms with E-state index in [0.29, 0.717) is 23.1 Å². The van der Waals surface area contributed by atoms with Gasteiger partial charge in [-0.15, -0.1) is 0 Å². The molecule has 0 bridgehead atoms. The maximum atomic E-state index is 13.3. The molecule has 2 heterocycles. The van der Waals surface area contributed by atoms with Gasteiger partial charge in [-0.3, -0.25) is 9.59 Å². The van der Waals surface area contributed by atoms with E-state index >= 15 is 0 Å². The summed E-state index contributed by atoms with van der Waals surface area (Å²) in [7, 11) is 2.07. The van der Waals surface area contributed by atoms with E-state index in [2.05, 4.69) is 39.6 Å². The molecule has 0 saturated heterocycles. The Balaban J connectivity index is 1.43. The van der Waals surface area contributed by atoms with Gasteiger partial charge in [0.15, 0.2) is 0 Å². The molecule has 182 valence electrons. The second kappa shape index (κ2) is 10.7. The number of aryl methyl sites for hydroxylation is 2. The lowest BCUT2D eigenvalue weighted by Crippen LogP contribution is -2.38. The van der Waals surface area contributed by atoms with Gasteiger partial charge in [-0.25, -0.2) is 9.36 Å². The molecule has 4 aromatic rings. The molecule has 8 heteroatoms. The first-order valence-electron chi connectivity index (χ1n) is 11.9. The van der Waals surface area contributed by atoms with Gasteiger partial charge in [0.05, 0.1) is 22.5 Å².